The number of terminal acetylenes is 1. The van der Waals surface area contributed by atoms with E-state index in [9.17, 15) is 4.79 Å². The zero-order chi connectivity index (χ0) is 12.4. The van der Waals surface area contributed by atoms with E-state index in [-0.39, 0.29) is 5.69 Å². The van der Waals surface area contributed by atoms with E-state index in [4.69, 9.17) is 11.5 Å². The van der Waals surface area contributed by atoms with Crippen LogP contribution in [0.4, 0.5) is 0 Å². The monoisotopic (exact) mass is 226 g/mol. The van der Waals surface area contributed by atoms with Crippen molar-refractivity contribution in [2.45, 2.75) is 0 Å². The van der Waals surface area contributed by atoms with Crippen LogP contribution in [0.25, 0.3) is 11.3 Å². The van der Waals surface area contributed by atoms with Gasteiger partial charge in [0, 0.05) is 18.2 Å². The number of carboxylic acids is 1. The number of hydrogen-bond donors (Lipinski definition) is 1. The van der Waals surface area contributed by atoms with Crippen molar-refractivity contribution < 1.29 is 9.90 Å². The summed E-state index contributed by atoms with van der Waals surface area (Å²) in [5, 5.41) is 13.1. The van der Waals surface area contributed by atoms with Crippen LogP contribution in [-0.2, 0) is 7.05 Å². The number of aryl methyl sites for hydroxylation is 1. The van der Waals surface area contributed by atoms with E-state index >= 15 is 0 Å². The Hall–Kier alpha value is -2.54. The fourth-order valence-electron chi connectivity index (χ4n) is 1.58. The van der Waals surface area contributed by atoms with Gasteiger partial charge in [-0.25, -0.2) is 4.79 Å². The summed E-state index contributed by atoms with van der Waals surface area (Å²) in [6.45, 7) is 0. The molecule has 0 saturated carbocycles. The number of nitrogens with zero attached hydrogens (tertiary/aromatic N) is 2. The van der Waals surface area contributed by atoms with Gasteiger partial charge in [-0.05, 0) is 18.2 Å². The molecule has 1 N–H and O–H groups in total. The molecule has 1 aromatic heterocycles. The predicted molar refractivity (Wildman–Crippen MR) is 63.5 cm³/mol. The fourth-order valence-corrected chi connectivity index (χ4v) is 1.58. The van der Waals surface area contributed by atoms with Crippen molar-refractivity contribution in [3.63, 3.8) is 0 Å². The minimum atomic E-state index is -1.00. The molecule has 84 valence electrons. The standard InChI is InChI=1S/C13H10N2O2/c1-3-9-5-4-6-10(7-9)11-8-12(13(16)17)15(2)14-11/h1,4-8H,2H3,(H,16,17). The first-order chi connectivity index (χ1) is 8.11. The quantitative estimate of drug-likeness (QED) is 0.794. The highest BCUT2D eigenvalue weighted by Gasteiger charge is 2.12. The maximum Gasteiger partial charge on any atom is 0.354 e. The van der Waals surface area contributed by atoms with Crippen LogP contribution in [0.1, 0.15) is 16.1 Å². The molecule has 0 bridgehead atoms. The van der Waals surface area contributed by atoms with Crippen molar-refractivity contribution in [1.82, 2.24) is 9.78 Å². The second-order valence-electron chi connectivity index (χ2n) is 3.57. The highest BCUT2D eigenvalue weighted by Crippen LogP contribution is 2.19. The Bertz CT molecular complexity index is 621. The molecule has 1 heterocycles. The summed E-state index contributed by atoms with van der Waals surface area (Å²) in [7, 11) is 1.60. The lowest BCUT2D eigenvalue weighted by atomic mass is 10.1. The molecule has 0 atom stereocenters. The molecule has 0 saturated heterocycles. The Kier molecular flexibility index (Phi) is 2.67. The van der Waals surface area contributed by atoms with Gasteiger partial charge in [0.15, 0.2) is 0 Å². The van der Waals surface area contributed by atoms with Crippen molar-refractivity contribution in [1.29, 1.82) is 0 Å². The molecule has 0 amide bonds. The predicted octanol–water partition coefficient (Wildman–Crippen LogP) is 1.77. The molecule has 2 rings (SSSR count). The fraction of sp³-hybridized carbons (Fsp3) is 0.0769. The highest BCUT2D eigenvalue weighted by molar-refractivity contribution is 5.87. The lowest BCUT2D eigenvalue weighted by molar-refractivity contribution is 0.0685. The first-order valence-electron chi connectivity index (χ1n) is 4.96. The molecule has 4 nitrogen and oxygen atoms in total. The van der Waals surface area contributed by atoms with E-state index in [1.807, 2.05) is 18.2 Å². The SMILES string of the molecule is C#Cc1cccc(-c2cc(C(=O)O)n(C)n2)c1. The van der Waals surface area contributed by atoms with Crippen LogP contribution >= 0.6 is 0 Å². The van der Waals surface area contributed by atoms with Gasteiger partial charge in [-0.3, -0.25) is 4.68 Å². The average molecular weight is 226 g/mol. The molecule has 0 spiro atoms. The highest BCUT2D eigenvalue weighted by atomic mass is 16.4. The minimum Gasteiger partial charge on any atom is -0.477 e. The van der Waals surface area contributed by atoms with E-state index in [0.29, 0.717) is 5.69 Å². The number of carbonyl (C=O) groups is 1. The van der Waals surface area contributed by atoms with E-state index in [1.54, 1.807) is 13.1 Å². The lowest BCUT2D eigenvalue weighted by Crippen LogP contribution is -2.04. The zero-order valence-corrected chi connectivity index (χ0v) is 9.21. The van der Waals surface area contributed by atoms with Crippen LogP contribution in [0.2, 0.25) is 0 Å². The molecule has 0 aliphatic rings. The summed E-state index contributed by atoms with van der Waals surface area (Å²) in [5.74, 6) is 1.53. The molecule has 0 radical (unpaired) electrons. The van der Waals surface area contributed by atoms with Gasteiger partial charge in [0.1, 0.15) is 5.69 Å². The number of carboxylic acid groups (broad SMARTS) is 1. The van der Waals surface area contributed by atoms with E-state index in [2.05, 4.69) is 11.0 Å². The summed E-state index contributed by atoms with van der Waals surface area (Å²) in [5.41, 5.74) is 2.29. The summed E-state index contributed by atoms with van der Waals surface area (Å²) >= 11 is 0. The molecule has 0 aliphatic carbocycles. The molecule has 0 fully saturated rings. The topological polar surface area (TPSA) is 55.1 Å². The molecule has 2 aromatic rings. The number of aromatic carboxylic acids is 1. The maximum atomic E-state index is 10.9. The van der Waals surface area contributed by atoms with Gasteiger partial charge in [0.25, 0.3) is 0 Å². The summed E-state index contributed by atoms with van der Waals surface area (Å²) < 4.78 is 1.33. The van der Waals surface area contributed by atoms with Gasteiger partial charge in [0.2, 0.25) is 0 Å². The third kappa shape index (κ3) is 2.04. The van der Waals surface area contributed by atoms with E-state index in [1.165, 1.54) is 10.7 Å². The molecule has 4 heteroatoms. The van der Waals surface area contributed by atoms with Crippen molar-refractivity contribution in [2.75, 3.05) is 0 Å². The Labute approximate surface area is 98.5 Å². The van der Waals surface area contributed by atoms with Gasteiger partial charge in [-0.1, -0.05) is 18.1 Å². The van der Waals surface area contributed by atoms with E-state index in [0.717, 1.165) is 11.1 Å². The third-order valence-electron chi connectivity index (χ3n) is 2.42. The van der Waals surface area contributed by atoms with Crippen LogP contribution in [0.15, 0.2) is 30.3 Å². The van der Waals surface area contributed by atoms with Gasteiger partial charge in [0.05, 0.1) is 5.69 Å². The Morgan fingerprint density at radius 2 is 2.24 bits per heavy atom. The Morgan fingerprint density at radius 1 is 1.47 bits per heavy atom. The molecular formula is C13H10N2O2. The molecular weight excluding hydrogens is 216 g/mol. The van der Waals surface area contributed by atoms with Crippen LogP contribution in [0, 0.1) is 12.3 Å². The minimum absolute atomic E-state index is 0.145. The molecule has 1 aromatic carbocycles. The van der Waals surface area contributed by atoms with Crippen molar-refractivity contribution >= 4 is 5.97 Å². The van der Waals surface area contributed by atoms with E-state index < -0.39 is 5.97 Å². The van der Waals surface area contributed by atoms with Crippen LogP contribution in [0.5, 0.6) is 0 Å². The van der Waals surface area contributed by atoms with Gasteiger partial charge in [-0.15, -0.1) is 6.42 Å². The van der Waals surface area contributed by atoms with Crippen molar-refractivity contribution in [2.24, 2.45) is 7.05 Å². The third-order valence-corrected chi connectivity index (χ3v) is 2.42. The van der Waals surface area contributed by atoms with Crippen LogP contribution < -0.4 is 0 Å². The van der Waals surface area contributed by atoms with Gasteiger partial charge in [-0.2, -0.15) is 5.10 Å². The van der Waals surface area contributed by atoms with Crippen molar-refractivity contribution in [3.8, 4) is 23.6 Å². The average Bonchev–Trinajstić information content (AvgIpc) is 2.71. The zero-order valence-electron chi connectivity index (χ0n) is 9.21. The number of benzene rings is 1. The normalized spacial score (nSPS) is 9.88. The van der Waals surface area contributed by atoms with Crippen LogP contribution in [-0.4, -0.2) is 20.9 Å². The number of rotatable bonds is 2. The largest absolute Gasteiger partial charge is 0.477 e. The number of hydrogen-bond acceptors (Lipinski definition) is 2. The van der Waals surface area contributed by atoms with Crippen LogP contribution in [0.3, 0.4) is 0 Å². The molecule has 17 heavy (non-hydrogen) atoms. The second-order valence-corrected chi connectivity index (χ2v) is 3.57. The molecule has 0 unspecified atom stereocenters. The summed E-state index contributed by atoms with van der Waals surface area (Å²) in [4.78, 5) is 10.9. The summed E-state index contributed by atoms with van der Waals surface area (Å²) in [6, 6.07) is 8.80. The molecule has 0 aliphatic heterocycles. The number of aromatic nitrogens is 2. The maximum absolute atomic E-state index is 10.9. The second kappa shape index (κ2) is 4.14. The lowest BCUT2D eigenvalue weighted by Gasteiger charge is -1.96. The Balaban J connectivity index is 2.50. The first kappa shape index (κ1) is 11.0. The first-order valence-corrected chi connectivity index (χ1v) is 4.96. The summed E-state index contributed by atoms with van der Waals surface area (Å²) in [6.07, 6.45) is 5.31. The van der Waals surface area contributed by atoms with Gasteiger partial charge >= 0.3 is 5.97 Å². The van der Waals surface area contributed by atoms with Gasteiger partial charge < -0.3 is 5.11 Å². The Morgan fingerprint density at radius 3 is 2.82 bits per heavy atom. The van der Waals surface area contributed by atoms with Crippen molar-refractivity contribution in [3.05, 3.63) is 41.6 Å². The smallest absolute Gasteiger partial charge is 0.354 e.